The van der Waals surface area contributed by atoms with Gasteiger partial charge in [-0.05, 0) is 17.7 Å². The number of benzene rings is 1. The number of hydrogen-bond donors (Lipinski definition) is 2. The van der Waals surface area contributed by atoms with E-state index in [0.29, 0.717) is 6.54 Å². The van der Waals surface area contributed by atoms with Crippen molar-refractivity contribution in [2.75, 3.05) is 5.32 Å². The molecule has 1 aromatic carbocycles. The van der Waals surface area contributed by atoms with E-state index in [1.807, 2.05) is 46.4 Å². The lowest BCUT2D eigenvalue weighted by Crippen LogP contribution is -2.24. The smallest absolute Gasteiger partial charge is 0.226 e. The lowest BCUT2D eigenvalue weighted by Gasteiger charge is -2.06. The minimum atomic E-state index is -0.106. The largest absolute Gasteiger partial charge is 0.352 e. The molecule has 7 heteroatoms. The Morgan fingerprint density at radius 3 is 2.74 bits per heavy atom. The van der Waals surface area contributed by atoms with Crippen LogP contribution < -0.4 is 10.6 Å². The van der Waals surface area contributed by atoms with Crippen LogP contribution in [-0.4, -0.2) is 21.2 Å². The Hall–Kier alpha value is -2.67. The van der Waals surface area contributed by atoms with E-state index in [4.69, 9.17) is 0 Å². The van der Waals surface area contributed by atoms with Gasteiger partial charge in [0.05, 0.1) is 12.1 Å². The van der Waals surface area contributed by atoms with Gasteiger partial charge in [0.15, 0.2) is 4.96 Å². The highest BCUT2D eigenvalue weighted by Crippen LogP contribution is 2.12. The van der Waals surface area contributed by atoms with E-state index in [2.05, 4.69) is 15.6 Å². The Bertz CT molecular complexity index is 807. The first-order chi connectivity index (χ1) is 11.1. The van der Waals surface area contributed by atoms with Gasteiger partial charge < -0.3 is 10.6 Å². The van der Waals surface area contributed by atoms with E-state index in [1.165, 1.54) is 6.92 Å². The number of fused-ring (bicyclic) bond motifs is 1. The molecular formula is C16H16N4O2S. The minimum absolute atomic E-state index is 0.0679. The zero-order valence-electron chi connectivity index (χ0n) is 12.6. The molecule has 118 valence electrons. The van der Waals surface area contributed by atoms with Gasteiger partial charge in [-0.3, -0.25) is 14.0 Å². The summed E-state index contributed by atoms with van der Waals surface area (Å²) in [7, 11) is 0. The quantitative estimate of drug-likeness (QED) is 0.754. The third-order valence-electron chi connectivity index (χ3n) is 3.25. The van der Waals surface area contributed by atoms with Gasteiger partial charge in [0, 0.05) is 36.9 Å². The number of nitrogens with one attached hydrogen (secondary N) is 2. The molecule has 0 spiro atoms. The SMILES string of the molecule is CC(=O)Nc1ccc(CNC(=O)Cc2cn3ccsc3n2)cc1. The molecule has 0 saturated carbocycles. The highest BCUT2D eigenvalue weighted by atomic mass is 32.1. The van der Waals surface area contributed by atoms with Crippen LogP contribution in [0.2, 0.25) is 0 Å². The van der Waals surface area contributed by atoms with Crippen LogP contribution >= 0.6 is 11.3 Å². The molecule has 0 aliphatic heterocycles. The second-order valence-electron chi connectivity index (χ2n) is 5.16. The average molecular weight is 328 g/mol. The van der Waals surface area contributed by atoms with Gasteiger partial charge >= 0.3 is 0 Å². The topological polar surface area (TPSA) is 75.5 Å². The molecule has 0 aliphatic rings. The highest BCUT2D eigenvalue weighted by Gasteiger charge is 2.08. The van der Waals surface area contributed by atoms with Crippen molar-refractivity contribution >= 4 is 33.8 Å². The second-order valence-corrected chi connectivity index (χ2v) is 6.03. The Morgan fingerprint density at radius 2 is 2.04 bits per heavy atom. The first-order valence-corrected chi connectivity index (χ1v) is 8.02. The number of imidazole rings is 1. The maximum atomic E-state index is 12.0. The molecule has 2 heterocycles. The summed E-state index contributed by atoms with van der Waals surface area (Å²) < 4.78 is 1.91. The predicted molar refractivity (Wildman–Crippen MR) is 89.4 cm³/mol. The first kappa shape index (κ1) is 15.2. The molecule has 2 aromatic heterocycles. The maximum Gasteiger partial charge on any atom is 0.226 e. The number of anilines is 1. The molecule has 0 bridgehead atoms. The zero-order chi connectivity index (χ0) is 16.2. The molecule has 0 unspecified atom stereocenters. The number of aromatic nitrogens is 2. The van der Waals surface area contributed by atoms with Gasteiger partial charge in [-0.15, -0.1) is 11.3 Å². The summed E-state index contributed by atoms with van der Waals surface area (Å²) in [6.45, 7) is 1.91. The molecule has 0 fully saturated rings. The van der Waals surface area contributed by atoms with Crippen LogP contribution in [0.25, 0.3) is 4.96 Å². The summed E-state index contributed by atoms with van der Waals surface area (Å²) in [6, 6.07) is 7.37. The van der Waals surface area contributed by atoms with Crippen LogP contribution in [0, 0.1) is 0 Å². The Kier molecular flexibility index (Phi) is 4.38. The summed E-state index contributed by atoms with van der Waals surface area (Å²) in [4.78, 5) is 28.2. The standard InChI is InChI=1S/C16H16N4O2S/c1-11(21)18-13-4-2-12(3-5-13)9-17-15(22)8-14-10-20-6-7-23-16(20)19-14/h2-7,10H,8-9H2,1H3,(H,17,22)(H,18,21). The fourth-order valence-electron chi connectivity index (χ4n) is 2.20. The van der Waals surface area contributed by atoms with Crippen molar-refractivity contribution in [2.45, 2.75) is 19.9 Å². The molecule has 2 amide bonds. The van der Waals surface area contributed by atoms with Gasteiger partial charge in [-0.1, -0.05) is 12.1 Å². The molecule has 23 heavy (non-hydrogen) atoms. The van der Waals surface area contributed by atoms with Gasteiger partial charge in [0.2, 0.25) is 11.8 Å². The molecule has 3 aromatic rings. The predicted octanol–water partition coefficient (Wildman–Crippen LogP) is 2.21. The highest BCUT2D eigenvalue weighted by molar-refractivity contribution is 7.15. The molecule has 0 radical (unpaired) electrons. The number of amides is 2. The summed E-state index contributed by atoms with van der Waals surface area (Å²) in [5.74, 6) is -0.173. The van der Waals surface area contributed by atoms with E-state index in [0.717, 1.165) is 21.9 Å². The fraction of sp³-hybridized carbons (Fsp3) is 0.188. The van der Waals surface area contributed by atoms with Crippen molar-refractivity contribution in [3.63, 3.8) is 0 Å². The number of carbonyl (C=O) groups excluding carboxylic acids is 2. The third kappa shape index (κ3) is 3.95. The lowest BCUT2D eigenvalue weighted by molar-refractivity contribution is -0.120. The van der Waals surface area contributed by atoms with Gasteiger partial charge in [-0.25, -0.2) is 4.98 Å². The molecule has 0 aliphatic carbocycles. The maximum absolute atomic E-state index is 12.0. The number of rotatable bonds is 5. The summed E-state index contributed by atoms with van der Waals surface area (Å²) in [5, 5.41) is 7.53. The van der Waals surface area contributed by atoms with Crippen LogP contribution in [0.3, 0.4) is 0 Å². The monoisotopic (exact) mass is 328 g/mol. The van der Waals surface area contributed by atoms with E-state index in [-0.39, 0.29) is 18.2 Å². The van der Waals surface area contributed by atoms with E-state index in [1.54, 1.807) is 11.3 Å². The number of thiazole rings is 1. The van der Waals surface area contributed by atoms with Gasteiger partial charge in [0.25, 0.3) is 0 Å². The fourth-order valence-corrected chi connectivity index (χ4v) is 2.92. The Balaban J connectivity index is 1.52. The van der Waals surface area contributed by atoms with E-state index < -0.39 is 0 Å². The van der Waals surface area contributed by atoms with Crippen LogP contribution in [0.15, 0.2) is 42.0 Å². The van der Waals surface area contributed by atoms with Crippen molar-refractivity contribution in [1.82, 2.24) is 14.7 Å². The minimum Gasteiger partial charge on any atom is -0.352 e. The lowest BCUT2D eigenvalue weighted by atomic mass is 10.2. The normalized spacial score (nSPS) is 10.7. The zero-order valence-corrected chi connectivity index (χ0v) is 13.4. The Labute approximate surface area is 137 Å². The molecule has 6 nitrogen and oxygen atoms in total. The molecule has 2 N–H and O–H groups in total. The van der Waals surface area contributed by atoms with Crippen molar-refractivity contribution in [2.24, 2.45) is 0 Å². The average Bonchev–Trinajstić information content (AvgIpc) is 3.07. The van der Waals surface area contributed by atoms with Gasteiger partial charge in [0.1, 0.15) is 0 Å². The number of carbonyl (C=O) groups is 2. The summed E-state index contributed by atoms with van der Waals surface area (Å²) in [6.07, 6.45) is 4.05. The van der Waals surface area contributed by atoms with Crippen LogP contribution in [0.4, 0.5) is 5.69 Å². The van der Waals surface area contributed by atoms with Crippen molar-refractivity contribution in [3.05, 3.63) is 53.3 Å². The van der Waals surface area contributed by atoms with Gasteiger partial charge in [-0.2, -0.15) is 0 Å². The second kappa shape index (κ2) is 6.62. The molecule has 3 rings (SSSR count). The molecular weight excluding hydrogens is 312 g/mol. The Morgan fingerprint density at radius 1 is 1.26 bits per heavy atom. The molecule has 0 saturated heterocycles. The third-order valence-corrected chi connectivity index (χ3v) is 4.02. The van der Waals surface area contributed by atoms with Crippen LogP contribution in [0.1, 0.15) is 18.2 Å². The van der Waals surface area contributed by atoms with Crippen molar-refractivity contribution in [1.29, 1.82) is 0 Å². The number of hydrogen-bond acceptors (Lipinski definition) is 4. The van der Waals surface area contributed by atoms with Crippen LogP contribution in [-0.2, 0) is 22.6 Å². The van der Waals surface area contributed by atoms with Crippen molar-refractivity contribution < 1.29 is 9.59 Å². The van der Waals surface area contributed by atoms with Crippen LogP contribution in [0.5, 0.6) is 0 Å². The summed E-state index contributed by atoms with van der Waals surface area (Å²) in [5.41, 5.74) is 2.47. The van der Waals surface area contributed by atoms with E-state index >= 15 is 0 Å². The molecule has 0 atom stereocenters. The number of nitrogens with zero attached hydrogens (tertiary/aromatic N) is 2. The first-order valence-electron chi connectivity index (χ1n) is 7.14. The van der Waals surface area contributed by atoms with E-state index in [9.17, 15) is 9.59 Å². The van der Waals surface area contributed by atoms with Crippen molar-refractivity contribution in [3.8, 4) is 0 Å². The summed E-state index contributed by atoms with van der Waals surface area (Å²) >= 11 is 1.54.